The molecule has 0 aliphatic heterocycles. The van der Waals surface area contributed by atoms with Gasteiger partial charge in [-0.05, 0) is 51.2 Å². The average Bonchev–Trinajstić information content (AvgIpc) is 3.86. The van der Waals surface area contributed by atoms with Crippen molar-refractivity contribution in [1.82, 2.24) is 14.5 Å². The first-order valence-electron chi connectivity index (χ1n) is 17.6. The summed E-state index contributed by atoms with van der Waals surface area (Å²) in [5.74, 6) is 0.716. The van der Waals surface area contributed by atoms with Gasteiger partial charge in [0.1, 0.15) is 0 Å². The Hall–Kier alpha value is -6.62. The Morgan fingerprint density at radius 3 is 1.50 bits per heavy atom. The molecule has 0 bridgehead atoms. The van der Waals surface area contributed by atoms with Gasteiger partial charge in [0.15, 0.2) is 5.82 Å². The SMILES string of the molecule is c1ccc(-c2cc(-c3ccc(-n4c5c6ccccc6c6ccccc6c5c5c6sccc6c6ccccc6c54)cc3)nc(-c3ccccc3)n2)cc1. The third-order valence-corrected chi connectivity index (χ3v) is 11.4. The maximum Gasteiger partial charge on any atom is 0.160 e. The van der Waals surface area contributed by atoms with E-state index in [1.54, 1.807) is 0 Å². The topological polar surface area (TPSA) is 30.7 Å². The van der Waals surface area contributed by atoms with Crippen molar-refractivity contribution >= 4 is 75.5 Å². The molecule has 0 fully saturated rings. The largest absolute Gasteiger partial charge is 0.308 e. The van der Waals surface area contributed by atoms with E-state index in [4.69, 9.17) is 9.97 Å². The maximum absolute atomic E-state index is 5.12. The summed E-state index contributed by atoms with van der Waals surface area (Å²) in [6.45, 7) is 0. The predicted octanol–water partition coefficient (Wildman–Crippen LogP) is 13.2. The van der Waals surface area contributed by atoms with Gasteiger partial charge in [-0.3, -0.25) is 0 Å². The van der Waals surface area contributed by atoms with Gasteiger partial charge in [-0.25, -0.2) is 9.97 Å². The Kier molecular flexibility index (Phi) is 6.42. The molecule has 4 heteroatoms. The van der Waals surface area contributed by atoms with Gasteiger partial charge < -0.3 is 4.57 Å². The highest BCUT2D eigenvalue weighted by molar-refractivity contribution is 7.18. The Morgan fingerprint density at radius 1 is 0.385 bits per heavy atom. The number of nitrogens with zero attached hydrogens (tertiary/aromatic N) is 3. The van der Waals surface area contributed by atoms with Crippen molar-refractivity contribution < 1.29 is 0 Å². The molecule has 0 spiro atoms. The van der Waals surface area contributed by atoms with Crippen molar-refractivity contribution in [3.63, 3.8) is 0 Å². The molecule has 3 heterocycles. The lowest BCUT2D eigenvalue weighted by Gasteiger charge is -2.14. The van der Waals surface area contributed by atoms with E-state index < -0.39 is 0 Å². The molecule has 0 saturated heterocycles. The van der Waals surface area contributed by atoms with Crippen LogP contribution in [-0.2, 0) is 0 Å². The second-order valence-corrected chi connectivity index (χ2v) is 14.2. The van der Waals surface area contributed by atoms with E-state index in [-0.39, 0.29) is 0 Å². The Labute approximate surface area is 303 Å². The van der Waals surface area contributed by atoms with Crippen LogP contribution in [0.1, 0.15) is 0 Å². The van der Waals surface area contributed by atoms with Crippen molar-refractivity contribution in [2.75, 3.05) is 0 Å². The van der Waals surface area contributed by atoms with Crippen molar-refractivity contribution in [2.45, 2.75) is 0 Å². The zero-order valence-electron chi connectivity index (χ0n) is 28.0. The van der Waals surface area contributed by atoms with Crippen LogP contribution in [0, 0.1) is 0 Å². The number of thiophene rings is 1. The van der Waals surface area contributed by atoms with E-state index in [1.165, 1.54) is 64.2 Å². The van der Waals surface area contributed by atoms with Crippen LogP contribution in [0.15, 0.2) is 175 Å². The first-order chi connectivity index (χ1) is 25.8. The van der Waals surface area contributed by atoms with Crippen LogP contribution >= 0.6 is 11.3 Å². The fourth-order valence-electron chi connectivity index (χ4n) is 8.17. The zero-order valence-corrected chi connectivity index (χ0v) is 28.8. The van der Waals surface area contributed by atoms with Crippen molar-refractivity contribution in [3.8, 4) is 39.6 Å². The first kappa shape index (κ1) is 29.1. The lowest BCUT2D eigenvalue weighted by Crippen LogP contribution is -1.97. The molecule has 3 nitrogen and oxygen atoms in total. The molecular weight excluding hydrogens is 651 g/mol. The summed E-state index contributed by atoms with van der Waals surface area (Å²) in [5, 5.41) is 13.8. The maximum atomic E-state index is 5.12. The normalized spacial score (nSPS) is 11.8. The van der Waals surface area contributed by atoms with Crippen LogP contribution in [0.2, 0.25) is 0 Å². The monoisotopic (exact) mass is 679 g/mol. The Morgan fingerprint density at radius 2 is 0.865 bits per heavy atom. The van der Waals surface area contributed by atoms with Crippen LogP contribution in [-0.4, -0.2) is 14.5 Å². The van der Waals surface area contributed by atoms with E-state index in [1.807, 2.05) is 35.6 Å². The highest BCUT2D eigenvalue weighted by Crippen LogP contribution is 2.48. The average molecular weight is 680 g/mol. The molecule has 0 saturated carbocycles. The van der Waals surface area contributed by atoms with Crippen LogP contribution in [0.5, 0.6) is 0 Å². The second-order valence-electron chi connectivity index (χ2n) is 13.3. The number of hydrogen-bond donors (Lipinski definition) is 0. The zero-order chi connectivity index (χ0) is 34.2. The summed E-state index contributed by atoms with van der Waals surface area (Å²) in [4.78, 5) is 10.1. The minimum Gasteiger partial charge on any atom is -0.308 e. The molecule has 0 atom stereocenters. The molecule has 0 aliphatic rings. The molecule has 0 N–H and O–H groups in total. The summed E-state index contributed by atoms with van der Waals surface area (Å²) in [6, 6.07) is 60.7. The predicted molar refractivity (Wildman–Crippen MR) is 221 cm³/mol. The summed E-state index contributed by atoms with van der Waals surface area (Å²) in [5.41, 5.74) is 8.50. The van der Waals surface area contributed by atoms with Gasteiger partial charge in [0.2, 0.25) is 0 Å². The fourth-order valence-corrected chi connectivity index (χ4v) is 9.14. The molecule has 52 heavy (non-hydrogen) atoms. The number of rotatable bonds is 4. The minimum absolute atomic E-state index is 0.716. The standard InChI is InChI=1S/C48H29N3S/c1-3-13-30(14-4-1)41-29-42(50-48(49-41)32-15-5-2-6-16-32)31-23-25-33(26-24-31)51-45-38-21-11-8-18-35(38)34-17-7-10-20-37(34)43(45)44-46(51)39-22-12-9-19-36(39)40-27-28-52-47(40)44/h1-29H. The van der Waals surface area contributed by atoms with E-state index in [2.05, 4.69) is 156 Å². The quantitative estimate of drug-likeness (QED) is 0.173. The van der Waals surface area contributed by atoms with E-state index >= 15 is 0 Å². The summed E-state index contributed by atoms with van der Waals surface area (Å²) in [6.07, 6.45) is 0. The molecule has 0 radical (unpaired) electrons. The fraction of sp³-hybridized carbons (Fsp3) is 0. The molecular formula is C48H29N3S. The van der Waals surface area contributed by atoms with Crippen molar-refractivity contribution in [1.29, 1.82) is 0 Å². The summed E-state index contributed by atoms with van der Waals surface area (Å²) in [7, 11) is 0. The lowest BCUT2D eigenvalue weighted by atomic mass is 9.95. The molecule has 0 aliphatic carbocycles. The number of fused-ring (bicyclic) bond motifs is 13. The molecule has 0 unspecified atom stereocenters. The molecule has 242 valence electrons. The number of benzene rings is 8. The van der Waals surface area contributed by atoms with E-state index in [0.29, 0.717) is 5.82 Å². The van der Waals surface area contributed by atoms with Crippen LogP contribution in [0.25, 0.3) is 104 Å². The highest BCUT2D eigenvalue weighted by atomic mass is 32.1. The molecule has 3 aromatic heterocycles. The van der Waals surface area contributed by atoms with Gasteiger partial charge >= 0.3 is 0 Å². The van der Waals surface area contributed by atoms with Crippen LogP contribution in [0.3, 0.4) is 0 Å². The van der Waals surface area contributed by atoms with Crippen molar-refractivity contribution in [2.24, 2.45) is 0 Å². The smallest absolute Gasteiger partial charge is 0.160 e. The van der Waals surface area contributed by atoms with Gasteiger partial charge in [-0.2, -0.15) is 0 Å². The summed E-state index contributed by atoms with van der Waals surface area (Å²) >= 11 is 1.84. The van der Waals surface area contributed by atoms with E-state index in [9.17, 15) is 0 Å². The highest BCUT2D eigenvalue weighted by Gasteiger charge is 2.23. The van der Waals surface area contributed by atoms with Gasteiger partial charge in [0, 0.05) is 54.0 Å². The number of aromatic nitrogens is 3. The third kappa shape index (κ3) is 4.31. The van der Waals surface area contributed by atoms with Crippen LogP contribution in [0.4, 0.5) is 0 Å². The van der Waals surface area contributed by atoms with Crippen LogP contribution < -0.4 is 0 Å². The summed E-state index contributed by atoms with van der Waals surface area (Å²) < 4.78 is 3.85. The van der Waals surface area contributed by atoms with Gasteiger partial charge in [0.25, 0.3) is 0 Å². The molecule has 0 amide bonds. The van der Waals surface area contributed by atoms with E-state index in [0.717, 1.165) is 33.8 Å². The molecule has 8 aromatic carbocycles. The third-order valence-electron chi connectivity index (χ3n) is 10.5. The second kappa shape index (κ2) is 11.5. The number of hydrogen-bond acceptors (Lipinski definition) is 3. The van der Waals surface area contributed by atoms with Gasteiger partial charge in [-0.1, -0.05) is 146 Å². The van der Waals surface area contributed by atoms with Crippen molar-refractivity contribution in [3.05, 3.63) is 175 Å². The molecule has 11 aromatic rings. The Bertz CT molecular complexity index is 3100. The molecule has 11 rings (SSSR count). The lowest BCUT2D eigenvalue weighted by molar-refractivity contribution is 1.17. The van der Waals surface area contributed by atoms with Gasteiger partial charge in [-0.15, -0.1) is 11.3 Å². The minimum atomic E-state index is 0.716. The first-order valence-corrected chi connectivity index (χ1v) is 18.5. The van der Waals surface area contributed by atoms with Gasteiger partial charge in [0.05, 0.1) is 22.4 Å². The Balaban J connectivity index is 1.22.